The number of Topliss-reactive ketones (excluding diaryl/α,β-unsaturated/α-hetero) is 1. The summed E-state index contributed by atoms with van der Waals surface area (Å²) in [4.78, 5) is 11.9. The van der Waals surface area contributed by atoms with Crippen LogP contribution in [0.15, 0.2) is 30.3 Å². The fourth-order valence-corrected chi connectivity index (χ4v) is 4.48. The first-order chi connectivity index (χ1) is 12.3. The second kappa shape index (κ2) is 8.05. The highest BCUT2D eigenvalue weighted by molar-refractivity contribution is 7.48. The molecule has 2 rings (SSSR count). The van der Waals surface area contributed by atoms with Crippen molar-refractivity contribution in [1.29, 1.82) is 0 Å². The molecule has 0 fully saturated rings. The summed E-state index contributed by atoms with van der Waals surface area (Å²) in [5.74, 6) is 0.335. The Morgan fingerprint density at radius 3 is 2.46 bits per heavy atom. The smallest absolute Gasteiger partial charge is 0.164 e. The van der Waals surface area contributed by atoms with Gasteiger partial charge in [0.05, 0.1) is 14.2 Å². The van der Waals surface area contributed by atoms with Crippen molar-refractivity contribution in [1.82, 2.24) is 0 Å². The number of methoxy groups -OCH3 is 2. The van der Waals surface area contributed by atoms with Crippen molar-refractivity contribution >= 4 is 19.7 Å². The number of benzene rings is 2. The van der Waals surface area contributed by atoms with E-state index in [1.165, 1.54) is 26.2 Å². The Morgan fingerprint density at radius 1 is 1.23 bits per heavy atom. The van der Waals surface area contributed by atoms with Gasteiger partial charge in [0.1, 0.15) is 11.6 Å². The molecule has 0 aromatic heterocycles. The van der Waals surface area contributed by atoms with Crippen molar-refractivity contribution in [2.75, 3.05) is 14.2 Å². The fourth-order valence-electron chi connectivity index (χ4n) is 2.84. The van der Waals surface area contributed by atoms with Gasteiger partial charge in [-0.3, -0.25) is 4.79 Å². The SMILES string of the molecule is CCC(C)(Pc1ccc(F)cc1C(C)=O)c1cc(OC)cc(OC)c1O. The molecule has 6 heteroatoms. The molecule has 0 aliphatic carbocycles. The Morgan fingerprint density at radius 2 is 1.92 bits per heavy atom. The number of ketones is 1. The van der Waals surface area contributed by atoms with Crippen LogP contribution in [0.4, 0.5) is 4.39 Å². The minimum absolute atomic E-state index is 0.0524. The molecule has 4 nitrogen and oxygen atoms in total. The molecule has 0 aliphatic rings. The highest BCUT2D eigenvalue weighted by Gasteiger charge is 2.31. The third-order valence-corrected chi connectivity index (χ3v) is 6.46. The van der Waals surface area contributed by atoms with Gasteiger partial charge in [-0.25, -0.2) is 4.39 Å². The van der Waals surface area contributed by atoms with Crippen molar-refractivity contribution in [3.8, 4) is 17.2 Å². The second-order valence-electron chi connectivity index (χ2n) is 6.28. The number of rotatable bonds is 7. The minimum atomic E-state index is -0.478. The molecule has 0 saturated heterocycles. The number of hydrogen-bond acceptors (Lipinski definition) is 4. The Kier molecular flexibility index (Phi) is 6.25. The van der Waals surface area contributed by atoms with E-state index in [-0.39, 0.29) is 20.1 Å². The largest absolute Gasteiger partial charge is 0.504 e. The lowest BCUT2D eigenvalue weighted by molar-refractivity contribution is 0.101. The maximum atomic E-state index is 13.6. The van der Waals surface area contributed by atoms with Gasteiger partial charge in [0, 0.05) is 22.3 Å². The molecule has 2 aromatic rings. The number of carbonyl (C=O) groups excluding carboxylic acids is 1. The van der Waals surface area contributed by atoms with E-state index >= 15 is 0 Å². The van der Waals surface area contributed by atoms with Crippen LogP contribution < -0.4 is 14.8 Å². The zero-order valence-electron chi connectivity index (χ0n) is 15.6. The van der Waals surface area contributed by atoms with E-state index in [1.807, 2.05) is 13.8 Å². The van der Waals surface area contributed by atoms with Crippen molar-refractivity contribution in [2.24, 2.45) is 0 Å². The number of aromatic hydroxyl groups is 1. The zero-order valence-corrected chi connectivity index (χ0v) is 16.6. The van der Waals surface area contributed by atoms with Gasteiger partial charge in [0.25, 0.3) is 0 Å². The molecule has 2 unspecified atom stereocenters. The molecule has 0 aliphatic heterocycles. The van der Waals surface area contributed by atoms with Crippen molar-refractivity contribution < 1.29 is 23.8 Å². The standard InChI is InChI=1S/C20H24FO4P/c1-6-20(3,16-10-14(24-4)11-17(25-5)19(16)23)26-18-8-7-13(21)9-15(18)12(2)22/h7-11,23,26H,6H2,1-5H3. The number of hydrogen-bond donors (Lipinski definition) is 1. The molecular weight excluding hydrogens is 354 g/mol. The van der Waals surface area contributed by atoms with Gasteiger partial charge >= 0.3 is 0 Å². The molecule has 0 heterocycles. The van der Waals surface area contributed by atoms with Crippen LogP contribution >= 0.6 is 8.58 Å². The predicted molar refractivity (Wildman–Crippen MR) is 103 cm³/mol. The van der Waals surface area contributed by atoms with Crippen LogP contribution in [0, 0.1) is 5.82 Å². The first-order valence-corrected chi connectivity index (χ1v) is 9.29. The van der Waals surface area contributed by atoms with Crippen LogP contribution in [-0.4, -0.2) is 25.1 Å². The summed E-state index contributed by atoms with van der Waals surface area (Å²) in [5, 5.41) is 11.0. The molecule has 26 heavy (non-hydrogen) atoms. The lowest BCUT2D eigenvalue weighted by Crippen LogP contribution is -2.21. The lowest BCUT2D eigenvalue weighted by atomic mass is 9.95. The van der Waals surface area contributed by atoms with Crippen LogP contribution in [0.3, 0.4) is 0 Å². The maximum absolute atomic E-state index is 13.6. The molecule has 1 N–H and O–H groups in total. The average Bonchev–Trinajstić information content (AvgIpc) is 2.63. The van der Waals surface area contributed by atoms with Crippen LogP contribution in [0.5, 0.6) is 17.2 Å². The van der Waals surface area contributed by atoms with Crippen LogP contribution in [-0.2, 0) is 5.16 Å². The van der Waals surface area contributed by atoms with Gasteiger partial charge in [-0.1, -0.05) is 28.5 Å². The first-order valence-electron chi connectivity index (χ1n) is 8.29. The van der Waals surface area contributed by atoms with Gasteiger partial charge in [-0.15, -0.1) is 0 Å². The topological polar surface area (TPSA) is 55.8 Å². The van der Waals surface area contributed by atoms with Crippen LogP contribution in [0.2, 0.25) is 0 Å². The van der Waals surface area contributed by atoms with Crippen LogP contribution in [0.25, 0.3) is 0 Å². The van der Waals surface area contributed by atoms with Gasteiger partial charge < -0.3 is 14.6 Å². The molecular formula is C20H24FO4P. The summed E-state index contributed by atoms with van der Waals surface area (Å²) < 4.78 is 24.2. The van der Waals surface area contributed by atoms with Crippen molar-refractivity contribution in [3.63, 3.8) is 0 Å². The Balaban J connectivity index is 2.58. The predicted octanol–water partition coefficient (Wildman–Crippen LogP) is 4.38. The highest BCUT2D eigenvalue weighted by Crippen LogP contribution is 2.51. The molecule has 2 atom stereocenters. The fraction of sp³-hybridized carbons (Fsp3) is 0.350. The van der Waals surface area contributed by atoms with Crippen LogP contribution in [0.1, 0.15) is 43.1 Å². The number of phenols is 1. The molecule has 0 saturated carbocycles. The summed E-state index contributed by atoms with van der Waals surface area (Å²) in [6.07, 6.45) is 0.698. The third-order valence-electron chi connectivity index (χ3n) is 4.58. The van der Waals surface area contributed by atoms with E-state index in [2.05, 4.69) is 0 Å². The lowest BCUT2D eigenvalue weighted by Gasteiger charge is -2.31. The summed E-state index contributed by atoms with van der Waals surface area (Å²) in [6, 6.07) is 7.68. The normalized spacial score (nSPS) is 13.6. The van der Waals surface area contributed by atoms with E-state index in [1.54, 1.807) is 25.3 Å². The van der Waals surface area contributed by atoms with Gasteiger partial charge in [-0.2, -0.15) is 0 Å². The van der Waals surface area contributed by atoms with Gasteiger partial charge in [-0.05, 0) is 36.8 Å². The summed E-state index contributed by atoms with van der Waals surface area (Å²) in [7, 11) is 3.18. The number of halogens is 1. The Labute approximate surface area is 155 Å². The van der Waals surface area contributed by atoms with Gasteiger partial charge in [0.2, 0.25) is 0 Å². The second-order valence-corrected chi connectivity index (χ2v) is 8.17. The third kappa shape index (κ3) is 3.99. The maximum Gasteiger partial charge on any atom is 0.164 e. The average molecular weight is 378 g/mol. The quantitative estimate of drug-likeness (QED) is 0.574. The van der Waals surface area contributed by atoms with E-state index in [4.69, 9.17) is 9.47 Å². The minimum Gasteiger partial charge on any atom is -0.504 e. The van der Waals surface area contributed by atoms with E-state index < -0.39 is 11.0 Å². The Bertz CT molecular complexity index is 822. The van der Waals surface area contributed by atoms with Gasteiger partial charge in [0.15, 0.2) is 17.3 Å². The molecule has 0 bridgehead atoms. The van der Waals surface area contributed by atoms with E-state index in [0.29, 0.717) is 29.0 Å². The van der Waals surface area contributed by atoms with Crippen molar-refractivity contribution in [2.45, 2.75) is 32.3 Å². The summed E-state index contributed by atoms with van der Waals surface area (Å²) in [5.41, 5.74) is 1.05. The monoisotopic (exact) mass is 378 g/mol. The van der Waals surface area contributed by atoms with E-state index in [0.717, 1.165) is 5.30 Å². The first kappa shape index (κ1) is 20.2. The zero-order chi connectivity index (χ0) is 19.5. The number of phenolic OH excluding ortho intramolecular Hbond substituents is 1. The Hall–Kier alpha value is -2.13. The molecule has 140 valence electrons. The molecule has 0 amide bonds. The molecule has 0 radical (unpaired) electrons. The molecule has 0 spiro atoms. The van der Waals surface area contributed by atoms with Crippen molar-refractivity contribution in [3.05, 3.63) is 47.3 Å². The number of carbonyl (C=O) groups is 1. The number of ether oxygens (including phenoxy) is 2. The molecule has 2 aromatic carbocycles. The highest BCUT2D eigenvalue weighted by atomic mass is 31.1. The summed E-state index contributed by atoms with van der Waals surface area (Å²) >= 11 is 0. The van der Waals surface area contributed by atoms with E-state index in [9.17, 15) is 14.3 Å². The summed E-state index contributed by atoms with van der Waals surface area (Å²) in [6.45, 7) is 5.44.